The normalized spacial score (nSPS) is 27.6. The second-order valence-electron chi connectivity index (χ2n) is 6.34. The van der Waals surface area contributed by atoms with Crippen LogP contribution in [0.4, 0.5) is 4.39 Å². The first-order valence-electron chi connectivity index (χ1n) is 7.84. The summed E-state index contributed by atoms with van der Waals surface area (Å²) in [5.41, 5.74) is 0.425. The van der Waals surface area contributed by atoms with Gasteiger partial charge < -0.3 is 10.4 Å². The Hall–Kier alpha value is -0.450. The van der Waals surface area contributed by atoms with Crippen molar-refractivity contribution < 1.29 is 9.50 Å². The molecular formula is C17H25BrFNO. The van der Waals surface area contributed by atoms with E-state index in [1.54, 1.807) is 6.07 Å². The van der Waals surface area contributed by atoms with Gasteiger partial charge in [-0.15, -0.1) is 0 Å². The molecule has 0 aliphatic heterocycles. The standard InChI is InChI=1S/C17H25BrFNO/c1-3-13-6-8-17(21,9-7-13)11-20-12(2)15-5-4-14(19)10-16(15)18/h4-5,10,12-13,20-21H,3,6-9,11H2,1-2H3. The predicted molar refractivity (Wildman–Crippen MR) is 87.7 cm³/mol. The Morgan fingerprint density at radius 3 is 2.67 bits per heavy atom. The number of hydrogen-bond acceptors (Lipinski definition) is 2. The van der Waals surface area contributed by atoms with E-state index >= 15 is 0 Å². The molecule has 1 unspecified atom stereocenters. The second kappa shape index (κ2) is 7.21. The molecule has 1 saturated carbocycles. The maximum Gasteiger partial charge on any atom is 0.124 e. The summed E-state index contributed by atoms with van der Waals surface area (Å²) < 4.78 is 13.9. The van der Waals surface area contributed by atoms with Crippen LogP contribution in [-0.2, 0) is 0 Å². The molecule has 1 fully saturated rings. The lowest BCUT2D eigenvalue weighted by molar-refractivity contribution is -0.0103. The van der Waals surface area contributed by atoms with Gasteiger partial charge in [-0.2, -0.15) is 0 Å². The first-order valence-corrected chi connectivity index (χ1v) is 8.63. The number of benzene rings is 1. The van der Waals surface area contributed by atoms with E-state index in [0.717, 1.165) is 41.6 Å². The predicted octanol–water partition coefficient (Wildman–Crippen LogP) is 4.57. The van der Waals surface area contributed by atoms with E-state index in [1.165, 1.54) is 18.6 Å². The Morgan fingerprint density at radius 1 is 1.43 bits per heavy atom. The van der Waals surface area contributed by atoms with Gasteiger partial charge in [0.05, 0.1) is 5.60 Å². The van der Waals surface area contributed by atoms with Crippen molar-refractivity contribution in [2.75, 3.05) is 6.54 Å². The fourth-order valence-electron chi connectivity index (χ4n) is 3.11. The van der Waals surface area contributed by atoms with Crippen molar-refractivity contribution in [2.24, 2.45) is 5.92 Å². The summed E-state index contributed by atoms with van der Waals surface area (Å²) in [6, 6.07) is 4.82. The molecule has 1 atom stereocenters. The molecule has 4 heteroatoms. The minimum atomic E-state index is -0.591. The summed E-state index contributed by atoms with van der Waals surface area (Å²) in [5.74, 6) is 0.531. The summed E-state index contributed by atoms with van der Waals surface area (Å²) >= 11 is 3.40. The Morgan fingerprint density at radius 2 is 2.10 bits per heavy atom. The van der Waals surface area contributed by atoms with E-state index in [4.69, 9.17) is 0 Å². The zero-order valence-corrected chi connectivity index (χ0v) is 14.4. The summed E-state index contributed by atoms with van der Waals surface area (Å²) in [6.07, 6.45) is 5.18. The van der Waals surface area contributed by atoms with Crippen LogP contribution < -0.4 is 5.32 Å². The smallest absolute Gasteiger partial charge is 0.124 e. The van der Waals surface area contributed by atoms with E-state index in [-0.39, 0.29) is 11.9 Å². The van der Waals surface area contributed by atoms with Crippen LogP contribution in [0.15, 0.2) is 22.7 Å². The van der Waals surface area contributed by atoms with Crippen LogP contribution in [-0.4, -0.2) is 17.3 Å². The molecule has 0 radical (unpaired) electrons. The van der Waals surface area contributed by atoms with Crippen LogP contribution in [0, 0.1) is 11.7 Å². The molecule has 0 spiro atoms. The fraction of sp³-hybridized carbons (Fsp3) is 0.647. The molecule has 2 N–H and O–H groups in total. The second-order valence-corrected chi connectivity index (χ2v) is 7.20. The third-order valence-electron chi connectivity index (χ3n) is 4.78. The molecule has 0 aromatic heterocycles. The lowest BCUT2D eigenvalue weighted by Gasteiger charge is -2.36. The maximum atomic E-state index is 13.1. The number of halogens is 2. The van der Waals surface area contributed by atoms with Crippen molar-refractivity contribution in [1.82, 2.24) is 5.32 Å². The van der Waals surface area contributed by atoms with Crippen LogP contribution in [0.1, 0.15) is 57.6 Å². The van der Waals surface area contributed by atoms with E-state index in [2.05, 4.69) is 28.2 Å². The van der Waals surface area contributed by atoms with Crippen molar-refractivity contribution in [3.8, 4) is 0 Å². The Balaban J connectivity index is 1.90. The van der Waals surface area contributed by atoms with E-state index in [0.29, 0.717) is 6.54 Å². The molecule has 2 nitrogen and oxygen atoms in total. The highest BCUT2D eigenvalue weighted by Crippen LogP contribution is 2.34. The number of nitrogens with one attached hydrogen (secondary N) is 1. The average molecular weight is 358 g/mol. The fourth-order valence-corrected chi connectivity index (χ4v) is 3.80. The quantitative estimate of drug-likeness (QED) is 0.808. The lowest BCUT2D eigenvalue weighted by atomic mass is 9.77. The van der Waals surface area contributed by atoms with Crippen LogP contribution in [0.5, 0.6) is 0 Å². The molecule has 0 saturated heterocycles. The van der Waals surface area contributed by atoms with Crippen LogP contribution >= 0.6 is 15.9 Å². The van der Waals surface area contributed by atoms with Crippen molar-refractivity contribution in [2.45, 2.75) is 57.6 Å². The molecule has 2 rings (SSSR count). The Bertz CT molecular complexity index is 472. The van der Waals surface area contributed by atoms with Crippen molar-refractivity contribution in [3.63, 3.8) is 0 Å². The van der Waals surface area contributed by atoms with Crippen molar-refractivity contribution in [3.05, 3.63) is 34.1 Å². The summed E-state index contributed by atoms with van der Waals surface area (Å²) in [6.45, 7) is 4.86. The molecule has 0 heterocycles. The summed E-state index contributed by atoms with van der Waals surface area (Å²) in [4.78, 5) is 0. The summed E-state index contributed by atoms with van der Waals surface area (Å²) in [7, 11) is 0. The van der Waals surface area contributed by atoms with Crippen molar-refractivity contribution in [1.29, 1.82) is 0 Å². The zero-order chi connectivity index (χ0) is 15.5. The number of aliphatic hydroxyl groups is 1. The van der Waals surface area contributed by atoms with Gasteiger partial charge in [0.1, 0.15) is 5.82 Å². The number of rotatable bonds is 5. The van der Waals surface area contributed by atoms with Gasteiger partial charge in [0.2, 0.25) is 0 Å². The minimum Gasteiger partial charge on any atom is -0.389 e. The van der Waals surface area contributed by atoms with Crippen LogP contribution in [0.25, 0.3) is 0 Å². The highest BCUT2D eigenvalue weighted by Gasteiger charge is 2.32. The molecule has 0 bridgehead atoms. The molecule has 1 aliphatic carbocycles. The maximum absolute atomic E-state index is 13.1. The van der Waals surface area contributed by atoms with Gasteiger partial charge in [-0.3, -0.25) is 0 Å². The topological polar surface area (TPSA) is 32.3 Å². The molecule has 0 amide bonds. The van der Waals surface area contributed by atoms with Crippen LogP contribution in [0.2, 0.25) is 0 Å². The Labute approximate surface area is 135 Å². The van der Waals surface area contributed by atoms with Crippen molar-refractivity contribution >= 4 is 15.9 Å². The molecule has 1 aromatic carbocycles. The highest BCUT2D eigenvalue weighted by molar-refractivity contribution is 9.10. The molecule has 1 aliphatic rings. The highest BCUT2D eigenvalue weighted by atomic mass is 79.9. The average Bonchev–Trinajstić information content (AvgIpc) is 2.46. The van der Waals surface area contributed by atoms with Gasteiger partial charge in [-0.05, 0) is 56.2 Å². The van der Waals surface area contributed by atoms with Gasteiger partial charge >= 0.3 is 0 Å². The van der Waals surface area contributed by atoms with Gasteiger partial charge in [-0.1, -0.05) is 35.3 Å². The number of hydrogen-bond donors (Lipinski definition) is 2. The molecule has 1 aromatic rings. The third kappa shape index (κ3) is 4.51. The molecule has 21 heavy (non-hydrogen) atoms. The van der Waals surface area contributed by atoms with Gasteiger partial charge in [-0.25, -0.2) is 4.39 Å². The monoisotopic (exact) mass is 357 g/mol. The first-order chi connectivity index (χ1) is 9.93. The van der Waals surface area contributed by atoms with Crippen LogP contribution in [0.3, 0.4) is 0 Å². The third-order valence-corrected chi connectivity index (χ3v) is 5.47. The minimum absolute atomic E-state index is 0.0768. The van der Waals surface area contributed by atoms with E-state index < -0.39 is 5.60 Å². The summed E-state index contributed by atoms with van der Waals surface area (Å²) in [5, 5.41) is 14.1. The SMILES string of the molecule is CCC1CCC(O)(CNC(C)c2ccc(F)cc2Br)CC1. The first kappa shape index (κ1) is 16.9. The van der Waals surface area contributed by atoms with Gasteiger partial charge in [0.25, 0.3) is 0 Å². The molecule has 118 valence electrons. The van der Waals surface area contributed by atoms with Gasteiger partial charge in [0.15, 0.2) is 0 Å². The Kier molecular flexibility index (Phi) is 5.81. The van der Waals surface area contributed by atoms with Gasteiger partial charge in [0, 0.05) is 17.1 Å². The van der Waals surface area contributed by atoms with E-state index in [9.17, 15) is 9.50 Å². The largest absolute Gasteiger partial charge is 0.389 e. The lowest BCUT2D eigenvalue weighted by Crippen LogP contribution is -2.44. The van der Waals surface area contributed by atoms with E-state index in [1.807, 2.05) is 6.92 Å². The zero-order valence-electron chi connectivity index (χ0n) is 12.8. The molecular weight excluding hydrogens is 333 g/mol.